The van der Waals surface area contributed by atoms with E-state index in [1.807, 2.05) is 13.8 Å². The highest BCUT2D eigenvalue weighted by Gasteiger charge is 2.39. The zero-order valence-corrected chi connectivity index (χ0v) is 13.6. The molecule has 0 aliphatic carbocycles. The van der Waals surface area contributed by atoms with E-state index in [0.29, 0.717) is 13.0 Å². The van der Waals surface area contributed by atoms with Crippen LogP contribution in [-0.2, 0) is 15.0 Å². The van der Waals surface area contributed by atoms with Crippen molar-refractivity contribution in [2.75, 3.05) is 12.3 Å². The smallest absolute Gasteiger partial charge is 0.410 e. The van der Waals surface area contributed by atoms with E-state index in [4.69, 9.17) is 4.74 Å². The van der Waals surface area contributed by atoms with Gasteiger partial charge in [-0.2, -0.15) is 8.42 Å². The maximum Gasteiger partial charge on any atom is 0.410 e. The number of hydrogen-bond donors (Lipinski definition) is 0. The number of rotatable bonds is 2. The predicted molar refractivity (Wildman–Crippen MR) is 74.6 cm³/mol. The Morgan fingerprint density at radius 2 is 1.95 bits per heavy atom. The number of nitrogens with zero attached hydrogens (tertiary/aromatic N) is 1. The zero-order chi connectivity index (χ0) is 15.8. The van der Waals surface area contributed by atoms with Gasteiger partial charge in [0, 0.05) is 6.54 Å². The lowest BCUT2D eigenvalue weighted by atomic mass is 9.82. The first-order chi connectivity index (χ1) is 8.79. The van der Waals surface area contributed by atoms with Gasteiger partial charge in [0.25, 0.3) is 0 Å². The lowest BCUT2D eigenvalue weighted by Gasteiger charge is -2.43. The number of ether oxygens (including phenoxy) is 1. The minimum atomic E-state index is -4.62. The Labute approximate surface area is 120 Å². The molecule has 0 N–H and O–H groups in total. The molecule has 0 aromatic rings. The molecule has 1 saturated heterocycles. The molecular formula is C13H24FNO4S. The van der Waals surface area contributed by atoms with Crippen LogP contribution in [0.25, 0.3) is 0 Å². The first kappa shape index (κ1) is 17.2. The highest BCUT2D eigenvalue weighted by molar-refractivity contribution is 7.86. The van der Waals surface area contributed by atoms with E-state index in [2.05, 4.69) is 0 Å². The summed E-state index contributed by atoms with van der Waals surface area (Å²) < 4.78 is 40.0. The van der Waals surface area contributed by atoms with Crippen molar-refractivity contribution in [3.8, 4) is 0 Å². The van der Waals surface area contributed by atoms with E-state index in [-0.39, 0.29) is 5.41 Å². The van der Waals surface area contributed by atoms with Gasteiger partial charge in [-0.1, -0.05) is 13.8 Å². The Morgan fingerprint density at radius 1 is 1.40 bits per heavy atom. The summed E-state index contributed by atoms with van der Waals surface area (Å²) >= 11 is 0. The average Bonchev–Trinajstić information content (AvgIpc) is 2.16. The molecule has 0 radical (unpaired) electrons. The molecule has 1 aliphatic rings. The van der Waals surface area contributed by atoms with Gasteiger partial charge in [-0.15, -0.1) is 3.89 Å². The van der Waals surface area contributed by atoms with Crippen LogP contribution >= 0.6 is 0 Å². The summed E-state index contributed by atoms with van der Waals surface area (Å²) in [6.45, 7) is 9.56. The predicted octanol–water partition coefficient (Wildman–Crippen LogP) is 2.71. The maximum absolute atomic E-state index is 12.9. The topological polar surface area (TPSA) is 63.7 Å². The van der Waals surface area contributed by atoms with Crippen molar-refractivity contribution < 1.29 is 21.8 Å². The second-order valence-electron chi connectivity index (χ2n) is 7.17. The van der Waals surface area contributed by atoms with Gasteiger partial charge in [-0.3, -0.25) is 0 Å². The summed E-state index contributed by atoms with van der Waals surface area (Å²) in [7, 11) is -4.62. The van der Waals surface area contributed by atoms with Gasteiger partial charge in [-0.05, 0) is 39.0 Å². The van der Waals surface area contributed by atoms with Crippen LogP contribution in [0.1, 0.15) is 47.5 Å². The monoisotopic (exact) mass is 309 g/mol. The Bertz CT molecular complexity index is 467. The Kier molecular flexibility index (Phi) is 4.73. The molecule has 0 aromatic heterocycles. The molecule has 1 heterocycles. The standard InChI is InChI=1S/C13H24FNO4S/c1-12(2,3)19-11(16)15-9-13(4,5)7-6-10(15)8-20(14,17)18/h10H,6-9H2,1-5H3. The highest BCUT2D eigenvalue weighted by Crippen LogP contribution is 2.33. The van der Waals surface area contributed by atoms with Gasteiger partial charge in [-0.25, -0.2) is 4.79 Å². The van der Waals surface area contributed by atoms with Crippen molar-refractivity contribution >= 4 is 16.3 Å². The van der Waals surface area contributed by atoms with Crippen LogP contribution in [0.5, 0.6) is 0 Å². The normalized spacial score (nSPS) is 23.5. The molecule has 0 saturated carbocycles. The number of carbonyl (C=O) groups is 1. The first-order valence-corrected chi connectivity index (χ1v) is 8.26. The summed E-state index contributed by atoms with van der Waals surface area (Å²) in [6.07, 6.45) is 0.612. The molecule has 1 rings (SSSR count). The van der Waals surface area contributed by atoms with Crippen LogP contribution in [0, 0.1) is 5.41 Å². The molecule has 0 aromatic carbocycles. The van der Waals surface area contributed by atoms with E-state index in [9.17, 15) is 17.1 Å². The molecule has 1 aliphatic heterocycles. The Hall–Kier alpha value is -0.850. The van der Waals surface area contributed by atoms with Crippen LogP contribution in [-0.4, -0.2) is 43.4 Å². The summed E-state index contributed by atoms with van der Waals surface area (Å²) in [4.78, 5) is 13.5. The van der Waals surface area contributed by atoms with Crippen molar-refractivity contribution in [3.63, 3.8) is 0 Å². The van der Waals surface area contributed by atoms with Crippen molar-refractivity contribution in [2.24, 2.45) is 5.41 Å². The minimum Gasteiger partial charge on any atom is -0.444 e. The minimum absolute atomic E-state index is 0.131. The zero-order valence-electron chi connectivity index (χ0n) is 12.8. The van der Waals surface area contributed by atoms with Crippen LogP contribution in [0.2, 0.25) is 0 Å². The third-order valence-electron chi connectivity index (χ3n) is 3.21. The summed E-state index contributed by atoms with van der Waals surface area (Å²) in [5.41, 5.74) is -0.800. The molecule has 1 fully saturated rings. The van der Waals surface area contributed by atoms with E-state index >= 15 is 0 Å². The second-order valence-corrected chi connectivity index (χ2v) is 8.58. The van der Waals surface area contributed by atoms with Crippen molar-refractivity contribution in [1.82, 2.24) is 4.90 Å². The van der Waals surface area contributed by atoms with E-state index in [1.165, 1.54) is 4.90 Å². The van der Waals surface area contributed by atoms with Gasteiger partial charge in [0.1, 0.15) is 11.4 Å². The molecular weight excluding hydrogens is 285 g/mol. The number of amides is 1. The van der Waals surface area contributed by atoms with Crippen LogP contribution in [0.15, 0.2) is 0 Å². The molecule has 1 atom stereocenters. The quantitative estimate of drug-likeness (QED) is 0.736. The SMILES string of the molecule is CC1(C)CCC(CS(=O)(=O)F)N(C(=O)OC(C)(C)C)C1. The lowest BCUT2D eigenvalue weighted by molar-refractivity contribution is -0.00399. The second kappa shape index (κ2) is 5.50. The third kappa shape index (κ3) is 5.64. The Morgan fingerprint density at radius 3 is 2.40 bits per heavy atom. The van der Waals surface area contributed by atoms with Gasteiger partial charge < -0.3 is 9.64 Å². The van der Waals surface area contributed by atoms with E-state index < -0.39 is 33.7 Å². The molecule has 5 nitrogen and oxygen atoms in total. The van der Waals surface area contributed by atoms with Gasteiger partial charge in [0.15, 0.2) is 0 Å². The molecule has 1 amide bonds. The highest BCUT2D eigenvalue weighted by atomic mass is 32.3. The maximum atomic E-state index is 12.9. The number of piperidine rings is 1. The van der Waals surface area contributed by atoms with E-state index in [0.717, 1.165) is 6.42 Å². The van der Waals surface area contributed by atoms with Gasteiger partial charge in [0.05, 0.1) is 6.04 Å². The molecule has 118 valence electrons. The fourth-order valence-electron chi connectivity index (χ4n) is 2.32. The molecule has 20 heavy (non-hydrogen) atoms. The number of hydrogen-bond acceptors (Lipinski definition) is 4. The van der Waals surface area contributed by atoms with E-state index in [1.54, 1.807) is 20.8 Å². The lowest BCUT2D eigenvalue weighted by Crippen LogP contribution is -2.53. The molecule has 7 heteroatoms. The van der Waals surface area contributed by atoms with Crippen LogP contribution < -0.4 is 0 Å². The van der Waals surface area contributed by atoms with Crippen molar-refractivity contribution in [2.45, 2.75) is 59.1 Å². The molecule has 0 bridgehead atoms. The summed E-state index contributed by atoms with van der Waals surface area (Å²) in [5, 5.41) is 0. The average molecular weight is 309 g/mol. The number of carbonyl (C=O) groups excluding carboxylic acids is 1. The number of halogens is 1. The fourth-order valence-corrected chi connectivity index (χ4v) is 3.13. The molecule has 1 unspecified atom stereocenters. The summed E-state index contributed by atoms with van der Waals surface area (Å²) in [5.74, 6) is -0.664. The van der Waals surface area contributed by atoms with Gasteiger partial charge >= 0.3 is 16.3 Å². The fraction of sp³-hybridized carbons (Fsp3) is 0.923. The number of likely N-dealkylation sites (tertiary alicyclic amines) is 1. The first-order valence-electron chi connectivity index (χ1n) is 6.71. The van der Waals surface area contributed by atoms with Crippen LogP contribution in [0.4, 0.5) is 8.68 Å². The third-order valence-corrected chi connectivity index (χ3v) is 4.00. The largest absolute Gasteiger partial charge is 0.444 e. The Balaban J connectivity index is 2.90. The molecule has 0 spiro atoms. The van der Waals surface area contributed by atoms with Crippen molar-refractivity contribution in [1.29, 1.82) is 0 Å². The summed E-state index contributed by atoms with van der Waals surface area (Å²) in [6, 6.07) is -0.659. The van der Waals surface area contributed by atoms with Crippen LogP contribution in [0.3, 0.4) is 0 Å². The van der Waals surface area contributed by atoms with Crippen molar-refractivity contribution in [3.05, 3.63) is 0 Å². The van der Waals surface area contributed by atoms with Gasteiger partial charge in [0.2, 0.25) is 0 Å².